The molecule has 0 aliphatic carbocycles. The van der Waals surface area contributed by atoms with E-state index in [9.17, 15) is 9.59 Å². The first-order chi connectivity index (χ1) is 13.0. The van der Waals surface area contributed by atoms with Gasteiger partial charge in [0.25, 0.3) is 5.91 Å². The quantitative estimate of drug-likeness (QED) is 0.486. The van der Waals surface area contributed by atoms with E-state index in [2.05, 4.69) is 16.0 Å². The molecule has 0 saturated carbocycles. The lowest BCUT2D eigenvalue weighted by molar-refractivity contribution is -0.119. The fourth-order valence-electron chi connectivity index (χ4n) is 2.12. The Hall–Kier alpha value is -2.48. The SMILES string of the molecule is O=C(CSc1ccc(Cl)cc1)NNC(=O)c1ccn(-c2ccccc2Cl)n1. The number of thioether (sulfide) groups is 1. The number of hydrogen-bond donors (Lipinski definition) is 2. The number of hydrogen-bond acceptors (Lipinski definition) is 4. The maximum absolute atomic E-state index is 12.1. The molecule has 0 unspecified atom stereocenters. The largest absolute Gasteiger partial charge is 0.290 e. The summed E-state index contributed by atoms with van der Waals surface area (Å²) in [5.74, 6) is -0.713. The zero-order valence-electron chi connectivity index (χ0n) is 13.9. The average molecular weight is 421 g/mol. The molecule has 2 amide bonds. The minimum absolute atomic E-state index is 0.149. The summed E-state index contributed by atoms with van der Waals surface area (Å²) >= 11 is 13.3. The van der Waals surface area contributed by atoms with Crippen molar-refractivity contribution < 1.29 is 9.59 Å². The molecular formula is C18H14Cl2N4O2S. The van der Waals surface area contributed by atoms with Crippen LogP contribution in [-0.4, -0.2) is 27.3 Å². The highest BCUT2D eigenvalue weighted by Crippen LogP contribution is 2.20. The van der Waals surface area contributed by atoms with Gasteiger partial charge in [-0.3, -0.25) is 20.4 Å². The lowest BCUT2D eigenvalue weighted by atomic mass is 10.3. The monoisotopic (exact) mass is 420 g/mol. The van der Waals surface area contributed by atoms with Crippen LogP contribution in [0.4, 0.5) is 0 Å². The van der Waals surface area contributed by atoms with Crippen molar-refractivity contribution in [2.75, 3.05) is 5.75 Å². The van der Waals surface area contributed by atoms with Gasteiger partial charge in [-0.1, -0.05) is 35.3 Å². The molecule has 3 rings (SSSR count). The first-order valence-electron chi connectivity index (χ1n) is 7.81. The number of hydrazine groups is 1. The Morgan fingerprint density at radius 2 is 1.74 bits per heavy atom. The summed E-state index contributed by atoms with van der Waals surface area (Å²) in [6, 6.07) is 15.8. The second-order valence-electron chi connectivity index (χ2n) is 5.34. The van der Waals surface area contributed by atoms with E-state index in [4.69, 9.17) is 23.2 Å². The average Bonchev–Trinajstić information content (AvgIpc) is 3.16. The van der Waals surface area contributed by atoms with Crippen LogP contribution in [0.5, 0.6) is 0 Å². The lowest BCUT2D eigenvalue weighted by Gasteiger charge is -2.06. The molecule has 1 aromatic heterocycles. The van der Waals surface area contributed by atoms with Gasteiger partial charge < -0.3 is 0 Å². The summed E-state index contributed by atoms with van der Waals surface area (Å²) in [7, 11) is 0. The summed E-state index contributed by atoms with van der Waals surface area (Å²) in [5, 5.41) is 5.32. The highest BCUT2D eigenvalue weighted by Gasteiger charge is 2.12. The minimum Gasteiger partial charge on any atom is -0.272 e. The van der Waals surface area contributed by atoms with E-state index in [1.165, 1.54) is 22.5 Å². The fraction of sp³-hybridized carbons (Fsp3) is 0.0556. The van der Waals surface area contributed by atoms with Crippen LogP contribution >= 0.6 is 35.0 Å². The molecule has 1 heterocycles. The van der Waals surface area contributed by atoms with Crippen molar-refractivity contribution in [2.45, 2.75) is 4.90 Å². The van der Waals surface area contributed by atoms with Crippen molar-refractivity contribution in [1.82, 2.24) is 20.6 Å². The summed E-state index contributed by atoms with van der Waals surface area (Å²) in [4.78, 5) is 24.9. The maximum Gasteiger partial charge on any atom is 0.290 e. The predicted molar refractivity (Wildman–Crippen MR) is 106 cm³/mol. The van der Waals surface area contributed by atoms with Gasteiger partial charge in [-0.25, -0.2) is 4.68 Å². The van der Waals surface area contributed by atoms with Gasteiger partial charge in [-0.15, -0.1) is 11.8 Å². The van der Waals surface area contributed by atoms with Crippen molar-refractivity contribution >= 4 is 46.8 Å². The van der Waals surface area contributed by atoms with Crippen LogP contribution in [0.2, 0.25) is 10.0 Å². The second-order valence-corrected chi connectivity index (χ2v) is 7.23. The smallest absolute Gasteiger partial charge is 0.272 e. The summed E-state index contributed by atoms with van der Waals surface area (Å²) < 4.78 is 1.50. The standard InChI is InChI=1S/C18H14Cl2N4O2S/c19-12-5-7-13(8-6-12)27-11-17(25)21-22-18(26)15-9-10-24(23-15)16-4-2-1-3-14(16)20/h1-10H,11H2,(H,21,25)(H,22,26). The normalized spacial score (nSPS) is 10.4. The highest BCUT2D eigenvalue weighted by molar-refractivity contribution is 8.00. The van der Waals surface area contributed by atoms with Crippen molar-refractivity contribution in [1.29, 1.82) is 0 Å². The van der Waals surface area contributed by atoms with Crippen LogP contribution in [0.1, 0.15) is 10.5 Å². The number of carbonyl (C=O) groups excluding carboxylic acids is 2. The van der Waals surface area contributed by atoms with Crippen LogP contribution in [0.25, 0.3) is 5.69 Å². The van der Waals surface area contributed by atoms with Gasteiger partial charge in [-0.05, 0) is 42.5 Å². The Morgan fingerprint density at radius 1 is 1.00 bits per heavy atom. The van der Waals surface area contributed by atoms with Crippen LogP contribution in [-0.2, 0) is 4.79 Å². The minimum atomic E-state index is -0.523. The maximum atomic E-state index is 12.1. The van der Waals surface area contributed by atoms with Crippen LogP contribution in [0.15, 0.2) is 65.7 Å². The predicted octanol–water partition coefficient (Wildman–Crippen LogP) is 3.73. The molecule has 2 N–H and O–H groups in total. The van der Waals surface area contributed by atoms with E-state index in [-0.39, 0.29) is 17.4 Å². The molecule has 0 saturated heterocycles. The topological polar surface area (TPSA) is 76.0 Å². The van der Waals surface area contributed by atoms with Crippen molar-refractivity contribution in [3.63, 3.8) is 0 Å². The van der Waals surface area contributed by atoms with Gasteiger partial charge in [0.15, 0.2) is 5.69 Å². The number of amides is 2. The Morgan fingerprint density at radius 3 is 2.48 bits per heavy atom. The van der Waals surface area contributed by atoms with Crippen molar-refractivity contribution in [3.8, 4) is 5.69 Å². The molecule has 2 aromatic carbocycles. The number of carbonyl (C=O) groups is 2. The molecule has 9 heteroatoms. The molecule has 27 heavy (non-hydrogen) atoms. The number of aromatic nitrogens is 2. The molecule has 0 aliphatic rings. The van der Waals surface area contributed by atoms with Gasteiger partial charge in [0.05, 0.1) is 16.5 Å². The molecule has 0 atom stereocenters. The zero-order valence-corrected chi connectivity index (χ0v) is 16.2. The van der Waals surface area contributed by atoms with E-state index in [0.717, 1.165) is 4.90 Å². The van der Waals surface area contributed by atoms with E-state index >= 15 is 0 Å². The van der Waals surface area contributed by atoms with E-state index < -0.39 is 5.91 Å². The first kappa shape index (κ1) is 19.3. The number of halogens is 2. The molecule has 138 valence electrons. The number of benzene rings is 2. The fourth-order valence-corrected chi connectivity index (χ4v) is 3.17. The first-order valence-corrected chi connectivity index (χ1v) is 9.55. The van der Waals surface area contributed by atoms with Crippen molar-refractivity contribution in [3.05, 3.63) is 76.5 Å². The molecule has 0 spiro atoms. The number of rotatable bonds is 5. The Bertz CT molecular complexity index is 960. The zero-order chi connectivity index (χ0) is 19.2. The summed E-state index contributed by atoms with van der Waals surface area (Å²) in [5.41, 5.74) is 5.51. The third-order valence-electron chi connectivity index (χ3n) is 3.42. The Balaban J connectivity index is 1.51. The van der Waals surface area contributed by atoms with Crippen molar-refractivity contribution in [2.24, 2.45) is 0 Å². The molecule has 0 bridgehead atoms. The number of nitrogens with one attached hydrogen (secondary N) is 2. The Labute approximate surface area is 169 Å². The van der Waals surface area contributed by atoms with E-state index in [1.54, 1.807) is 36.5 Å². The highest BCUT2D eigenvalue weighted by atomic mass is 35.5. The molecular weight excluding hydrogens is 407 g/mol. The molecule has 3 aromatic rings. The molecule has 0 aliphatic heterocycles. The Kier molecular flexibility index (Phi) is 6.39. The van der Waals surface area contributed by atoms with Gasteiger partial charge in [-0.2, -0.15) is 5.10 Å². The second kappa shape index (κ2) is 8.94. The van der Waals surface area contributed by atoms with Gasteiger partial charge in [0.2, 0.25) is 5.91 Å². The van der Waals surface area contributed by atoms with Crippen LogP contribution in [0, 0.1) is 0 Å². The number of para-hydroxylation sites is 1. The summed E-state index contributed by atoms with van der Waals surface area (Å²) in [6.07, 6.45) is 1.62. The molecule has 0 radical (unpaired) electrons. The van der Waals surface area contributed by atoms with Gasteiger partial charge in [0, 0.05) is 16.1 Å². The van der Waals surface area contributed by atoms with Gasteiger partial charge >= 0.3 is 0 Å². The van der Waals surface area contributed by atoms with Gasteiger partial charge in [0.1, 0.15) is 0 Å². The third kappa shape index (κ3) is 5.26. The molecule has 0 fully saturated rings. The van der Waals surface area contributed by atoms with Crippen LogP contribution in [0.3, 0.4) is 0 Å². The van der Waals surface area contributed by atoms with E-state index in [0.29, 0.717) is 15.7 Å². The van der Waals surface area contributed by atoms with E-state index in [1.807, 2.05) is 18.2 Å². The van der Waals surface area contributed by atoms with Crippen LogP contribution < -0.4 is 10.9 Å². The lowest BCUT2D eigenvalue weighted by Crippen LogP contribution is -2.42. The third-order valence-corrected chi connectivity index (χ3v) is 5.00. The number of nitrogens with zero attached hydrogens (tertiary/aromatic N) is 2. The summed E-state index contributed by atoms with van der Waals surface area (Å²) in [6.45, 7) is 0. The molecule has 6 nitrogen and oxygen atoms in total.